The average molecular weight is 751 g/mol. The number of hydroxylamine groups is 4. The Hall–Kier alpha value is -6.08. The summed E-state index contributed by atoms with van der Waals surface area (Å²) in [6, 6.07) is 40.4. The van der Waals surface area contributed by atoms with Gasteiger partial charge >= 0.3 is 0 Å². The van der Waals surface area contributed by atoms with Gasteiger partial charge in [0, 0.05) is 5.92 Å². The fourth-order valence-electron chi connectivity index (χ4n) is 9.31. The maximum absolute atomic E-state index is 14.9. The number of fused-ring (bicyclic) bond motifs is 4. The number of hydrogen-bond donors (Lipinski definition) is 2. The first-order valence-corrected chi connectivity index (χ1v) is 20.1. The second-order valence-corrected chi connectivity index (χ2v) is 15.9. The molecule has 6 aromatic rings. The van der Waals surface area contributed by atoms with Gasteiger partial charge < -0.3 is 0 Å². The zero-order chi connectivity index (χ0) is 39.0. The fourth-order valence-corrected chi connectivity index (χ4v) is 9.31. The van der Waals surface area contributed by atoms with Crippen molar-refractivity contribution in [3.8, 4) is 0 Å². The molecule has 3 aliphatic carbocycles. The van der Waals surface area contributed by atoms with Gasteiger partial charge in [-0.15, -0.1) is 0 Å². The monoisotopic (exact) mass is 750 g/mol. The van der Waals surface area contributed by atoms with Crippen LogP contribution in [-0.4, -0.2) is 44.4 Å². The third-order valence-electron chi connectivity index (χ3n) is 12.4. The van der Waals surface area contributed by atoms with Crippen molar-refractivity contribution in [2.24, 2.45) is 11.8 Å². The first-order chi connectivity index (χ1) is 27.8. The normalized spacial score (nSPS) is 20.9. The maximum atomic E-state index is 14.9. The number of carbonyl (C=O) groups excluding carboxylic acids is 2. The molecule has 3 aliphatic rings. The minimum Gasteiger partial charge on any atom is -0.286 e. The van der Waals surface area contributed by atoms with E-state index >= 15 is 0 Å². The van der Waals surface area contributed by atoms with Gasteiger partial charge in [0.05, 0.1) is 23.9 Å². The summed E-state index contributed by atoms with van der Waals surface area (Å²) in [5, 5.41) is 32.1. The molecule has 6 nitrogen and oxygen atoms in total. The summed E-state index contributed by atoms with van der Waals surface area (Å²) in [7, 11) is 0. The van der Waals surface area contributed by atoms with Crippen molar-refractivity contribution in [2.75, 3.05) is 0 Å². The molecule has 0 spiro atoms. The molecule has 284 valence electrons. The topological polar surface area (TPSA) is 81.1 Å². The Morgan fingerprint density at radius 3 is 1.51 bits per heavy atom. The van der Waals surface area contributed by atoms with E-state index in [1.807, 2.05) is 133 Å². The summed E-state index contributed by atoms with van der Waals surface area (Å²) >= 11 is 0. The summed E-state index contributed by atoms with van der Waals surface area (Å²) in [6.07, 6.45) is 15.0. The Labute approximate surface area is 333 Å². The van der Waals surface area contributed by atoms with E-state index in [0.29, 0.717) is 18.8 Å². The largest absolute Gasteiger partial charge is 0.286 e. The molecule has 6 heteroatoms. The molecule has 0 aromatic heterocycles. The number of hydrogen-bond acceptors (Lipinski definition) is 4. The van der Waals surface area contributed by atoms with Crippen LogP contribution in [0.25, 0.3) is 32.3 Å². The summed E-state index contributed by atoms with van der Waals surface area (Å²) in [6.45, 7) is 2.19. The van der Waals surface area contributed by atoms with Gasteiger partial charge in [-0.2, -0.15) is 0 Å². The van der Waals surface area contributed by atoms with E-state index in [4.69, 9.17) is 0 Å². The summed E-state index contributed by atoms with van der Waals surface area (Å²) in [4.78, 5) is 29.9. The van der Waals surface area contributed by atoms with Crippen molar-refractivity contribution in [3.63, 3.8) is 0 Å². The lowest BCUT2D eigenvalue weighted by Gasteiger charge is -2.41. The van der Waals surface area contributed by atoms with E-state index in [-0.39, 0.29) is 5.92 Å². The van der Waals surface area contributed by atoms with E-state index in [0.717, 1.165) is 83.1 Å². The SMILES string of the molecule is CC1C=CC=C2C=C(C(C(=O)N(O)C3CCCCC3N(O)C(=O)C(c3ccc4ccccc4c3)c3ccc4ccccc4c3)c3ccc4ccccc4c3)C=CC21. The predicted octanol–water partition coefficient (Wildman–Crippen LogP) is 11.1. The second kappa shape index (κ2) is 15.5. The van der Waals surface area contributed by atoms with Gasteiger partial charge in [0.25, 0.3) is 11.8 Å². The molecule has 0 aliphatic heterocycles. The Bertz CT molecular complexity index is 2560. The number of allylic oxidation sites excluding steroid dienone is 7. The van der Waals surface area contributed by atoms with Crippen LogP contribution in [-0.2, 0) is 9.59 Å². The standard InChI is InChI=1S/C51H46N2O4/c1-33-11-10-18-40-32-44(27-28-45(33)40)49(43-26-23-36-14-4-7-17-39(36)31-43)51(55)53(57)47-20-9-8-19-46(47)52(56)50(54)48(41-24-21-34-12-2-5-15-37(34)29-41)42-25-22-35-13-3-6-16-38(35)30-42/h2-7,10-18,21-33,45-49,56-57H,8-9,19-20H2,1H3. The highest BCUT2D eigenvalue weighted by Crippen LogP contribution is 2.40. The molecule has 5 atom stereocenters. The third kappa shape index (κ3) is 7.01. The van der Waals surface area contributed by atoms with Crippen molar-refractivity contribution in [1.29, 1.82) is 0 Å². The lowest BCUT2D eigenvalue weighted by molar-refractivity contribution is -0.214. The molecule has 1 fully saturated rings. The molecule has 2 amide bonds. The summed E-state index contributed by atoms with van der Waals surface area (Å²) in [5.41, 5.74) is 4.19. The van der Waals surface area contributed by atoms with Crippen LogP contribution in [0, 0.1) is 11.8 Å². The Kier molecular flexibility index (Phi) is 9.91. The Morgan fingerprint density at radius 1 is 0.579 bits per heavy atom. The number of rotatable bonds is 8. The molecular weight excluding hydrogens is 705 g/mol. The second-order valence-electron chi connectivity index (χ2n) is 15.9. The molecule has 0 radical (unpaired) electrons. The van der Waals surface area contributed by atoms with E-state index in [2.05, 4.69) is 37.3 Å². The van der Waals surface area contributed by atoms with Gasteiger partial charge in [-0.1, -0.05) is 184 Å². The molecule has 0 saturated heterocycles. The Balaban J connectivity index is 1.07. The third-order valence-corrected chi connectivity index (χ3v) is 12.4. The van der Waals surface area contributed by atoms with Gasteiger partial charge in [-0.05, 0) is 78.9 Å². The lowest BCUT2D eigenvalue weighted by atomic mass is 9.76. The first-order valence-electron chi connectivity index (χ1n) is 20.1. The highest BCUT2D eigenvalue weighted by Gasteiger charge is 2.43. The van der Waals surface area contributed by atoms with Crippen molar-refractivity contribution < 1.29 is 20.0 Å². The van der Waals surface area contributed by atoms with Crippen molar-refractivity contribution in [1.82, 2.24) is 10.1 Å². The van der Waals surface area contributed by atoms with Gasteiger partial charge in [0.1, 0.15) is 0 Å². The zero-order valence-corrected chi connectivity index (χ0v) is 32.0. The smallest absolute Gasteiger partial charge is 0.258 e. The number of amides is 2. The van der Waals surface area contributed by atoms with E-state index in [1.54, 1.807) is 0 Å². The molecule has 6 aromatic carbocycles. The lowest BCUT2D eigenvalue weighted by Crippen LogP contribution is -2.56. The molecule has 57 heavy (non-hydrogen) atoms. The minimum atomic E-state index is -0.828. The molecule has 0 bridgehead atoms. The van der Waals surface area contributed by atoms with Crippen LogP contribution in [0.5, 0.6) is 0 Å². The van der Waals surface area contributed by atoms with E-state index in [1.165, 1.54) is 0 Å². The average Bonchev–Trinajstić information content (AvgIpc) is 3.26. The van der Waals surface area contributed by atoms with Crippen molar-refractivity contribution in [3.05, 3.63) is 192 Å². The molecule has 1 saturated carbocycles. The molecule has 5 unspecified atom stereocenters. The van der Waals surface area contributed by atoms with Crippen LogP contribution < -0.4 is 0 Å². The van der Waals surface area contributed by atoms with Gasteiger partial charge in [0.15, 0.2) is 0 Å². The van der Waals surface area contributed by atoms with Crippen LogP contribution >= 0.6 is 0 Å². The van der Waals surface area contributed by atoms with Crippen LogP contribution in [0.15, 0.2) is 175 Å². The summed E-state index contributed by atoms with van der Waals surface area (Å²) < 4.78 is 0. The molecule has 2 N–H and O–H groups in total. The highest BCUT2D eigenvalue weighted by molar-refractivity contribution is 5.93. The number of benzene rings is 6. The van der Waals surface area contributed by atoms with Crippen LogP contribution in [0.4, 0.5) is 0 Å². The molecule has 9 rings (SSSR count). The quantitative estimate of drug-likeness (QED) is 0.120. The first kappa shape index (κ1) is 36.6. The maximum Gasteiger partial charge on any atom is 0.258 e. The fraction of sp³-hybridized carbons (Fsp3) is 0.216. The van der Waals surface area contributed by atoms with Crippen molar-refractivity contribution >= 4 is 44.1 Å². The van der Waals surface area contributed by atoms with Crippen LogP contribution in [0.1, 0.15) is 61.1 Å². The zero-order valence-electron chi connectivity index (χ0n) is 32.0. The van der Waals surface area contributed by atoms with Gasteiger partial charge in [-0.25, -0.2) is 10.1 Å². The highest BCUT2D eigenvalue weighted by atomic mass is 16.5. The molecular formula is C51H46N2O4. The molecule has 0 heterocycles. The van der Waals surface area contributed by atoms with Crippen LogP contribution in [0.2, 0.25) is 0 Å². The predicted molar refractivity (Wildman–Crippen MR) is 227 cm³/mol. The Morgan fingerprint density at radius 2 is 1.02 bits per heavy atom. The minimum absolute atomic E-state index is 0.214. The number of nitrogens with zero attached hydrogens (tertiary/aromatic N) is 2. The van der Waals surface area contributed by atoms with Crippen molar-refractivity contribution in [2.45, 2.75) is 56.5 Å². The van der Waals surface area contributed by atoms with E-state index < -0.39 is 35.7 Å². The number of carbonyl (C=O) groups is 2. The summed E-state index contributed by atoms with van der Waals surface area (Å²) in [5.74, 6) is -2.09. The van der Waals surface area contributed by atoms with Gasteiger partial charge in [-0.3, -0.25) is 20.0 Å². The van der Waals surface area contributed by atoms with Crippen LogP contribution in [0.3, 0.4) is 0 Å². The van der Waals surface area contributed by atoms with E-state index in [9.17, 15) is 20.0 Å². The van der Waals surface area contributed by atoms with Gasteiger partial charge in [0.2, 0.25) is 0 Å².